The Labute approximate surface area is 171 Å². The largest absolute Gasteiger partial charge is 0.463 e. The molecule has 0 spiro atoms. The summed E-state index contributed by atoms with van der Waals surface area (Å²) in [6.45, 7) is 8.70. The van der Waals surface area contributed by atoms with E-state index in [1.807, 2.05) is 43.0 Å². The highest BCUT2D eigenvalue weighted by Crippen LogP contribution is 2.16. The molecule has 1 aliphatic rings. The Morgan fingerprint density at radius 1 is 1.24 bits per heavy atom. The van der Waals surface area contributed by atoms with E-state index in [1.54, 1.807) is 13.8 Å². The number of ether oxygens (including phenoxy) is 1. The quantitative estimate of drug-likeness (QED) is 0.550. The van der Waals surface area contributed by atoms with Crippen LogP contribution in [0.15, 0.2) is 35.5 Å². The number of hydrogen-bond donors (Lipinski definition) is 3. The zero-order valence-corrected chi connectivity index (χ0v) is 17.5. The molecular formula is C21H30N4O4. The third kappa shape index (κ3) is 6.32. The number of carbonyl (C=O) groups is 3. The molecule has 0 fully saturated rings. The van der Waals surface area contributed by atoms with Crippen LogP contribution in [0.1, 0.15) is 32.8 Å². The Morgan fingerprint density at radius 2 is 1.97 bits per heavy atom. The molecule has 29 heavy (non-hydrogen) atoms. The first kappa shape index (κ1) is 22.4. The van der Waals surface area contributed by atoms with Crippen molar-refractivity contribution in [3.05, 3.63) is 41.1 Å². The number of anilines is 1. The van der Waals surface area contributed by atoms with E-state index in [4.69, 9.17) is 4.74 Å². The number of amides is 3. The predicted octanol–water partition coefficient (Wildman–Crippen LogP) is 2.16. The third-order valence-corrected chi connectivity index (χ3v) is 4.57. The Bertz CT molecular complexity index is 791. The molecule has 1 atom stereocenters. The topological polar surface area (TPSA) is 99.8 Å². The van der Waals surface area contributed by atoms with Crippen LogP contribution in [0.25, 0.3) is 0 Å². The summed E-state index contributed by atoms with van der Waals surface area (Å²) in [6, 6.07) is 6.73. The number of carbonyl (C=O) groups excluding carboxylic acids is 3. The fourth-order valence-electron chi connectivity index (χ4n) is 3.26. The number of nitrogens with one attached hydrogen (secondary N) is 3. The summed E-state index contributed by atoms with van der Waals surface area (Å²) in [5.74, 6) is -0.623. The number of hydrogen-bond acceptors (Lipinski definition) is 5. The summed E-state index contributed by atoms with van der Waals surface area (Å²) >= 11 is 0. The van der Waals surface area contributed by atoms with E-state index in [-0.39, 0.29) is 31.6 Å². The SMILES string of the molecule is CCCN(CC(=O)Nc1ccccc1C)CC1=C(C(=O)OCC)C(C)NC(=O)N1. The minimum Gasteiger partial charge on any atom is -0.463 e. The van der Waals surface area contributed by atoms with Gasteiger partial charge in [-0.15, -0.1) is 0 Å². The molecule has 3 amide bonds. The lowest BCUT2D eigenvalue weighted by atomic mass is 10.0. The van der Waals surface area contributed by atoms with Crippen molar-refractivity contribution in [3.63, 3.8) is 0 Å². The van der Waals surface area contributed by atoms with Crippen molar-refractivity contribution in [1.29, 1.82) is 0 Å². The smallest absolute Gasteiger partial charge is 0.337 e. The van der Waals surface area contributed by atoms with E-state index in [0.717, 1.165) is 17.7 Å². The van der Waals surface area contributed by atoms with Crippen LogP contribution in [0.4, 0.5) is 10.5 Å². The van der Waals surface area contributed by atoms with Gasteiger partial charge in [0.25, 0.3) is 0 Å². The standard InChI is InChI=1S/C21H30N4O4/c1-5-11-25(13-18(26)23-16-10-8-7-9-14(16)3)12-17-19(20(27)29-6-2)15(4)22-21(28)24-17/h7-10,15H,5-6,11-13H2,1-4H3,(H,23,26)(H2,22,24,28). The number of aryl methyl sites for hydroxylation is 1. The molecule has 1 heterocycles. The van der Waals surface area contributed by atoms with E-state index in [1.165, 1.54) is 0 Å². The molecule has 3 N–H and O–H groups in total. The highest BCUT2D eigenvalue weighted by atomic mass is 16.5. The first-order chi connectivity index (χ1) is 13.8. The normalized spacial score (nSPS) is 16.3. The minimum atomic E-state index is -0.470. The van der Waals surface area contributed by atoms with Crippen LogP contribution in [0.5, 0.6) is 0 Å². The van der Waals surface area contributed by atoms with Crippen molar-refractivity contribution in [3.8, 4) is 0 Å². The second-order valence-electron chi connectivity index (χ2n) is 7.01. The van der Waals surface area contributed by atoms with Crippen molar-refractivity contribution in [2.45, 2.75) is 40.2 Å². The highest BCUT2D eigenvalue weighted by molar-refractivity contribution is 5.95. The molecule has 0 saturated heterocycles. The number of esters is 1. The second-order valence-corrected chi connectivity index (χ2v) is 7.01. The number of benzene rings is 1. The molecule has 0 aromatic heterocycles. The number of nitrogens with zero attached hydrogens (tertiary/aromatic N) is 1. The monoisotopic (exact) mass is 402 g/mol. The molecular weight excluding hydrogens is 372 g/mol. The molecule has 0 aliphatic carbocycles. The summed E-state index contributed by atoms with van der Waals surface area (Å²) in [7, 11) is 0. The van der Waals surface area contributed by atoms with Gasteiger partial charge in [0.2, 0.25) is 5.91 Å². The van der Waals surface area contributed by atoms with E-state index >= 15 is 0 Å². The van der Waals surface area contributed by atoms with Gasteiger partial charge in [0.1, 0.15) is 0 Å². The Kier molecular flexibility index (Phi) is 8.21. The molecule has 8 nitrogen and oxygen atoms in total. The first-order valence-electron chi connectivity index (χ1n) is 9.91. The maximum atomic E-state index is 12.6. The molecule has 0 radical (unpaired) electrons. The molecule has 1 aliphatic heterocycles. The first-order valence-corrected chi connectivity index (χ1v) is 9.91. The van der Waals surface area contributed by atoms with Gasteiger partial charge in [-0.3, -0.25) is 9.69 Å². The number of para-hydroxylation sites is 1. The van der Waals surface area contributed by atoms with Crippen LogP contribution >= 0.6 is 0 Å². The van der Waals surface area contributed by atoms with Gasteiger partial charge < -0.3 is 20.7 Å². The Balaban J connectivity index is 2.17. The maximum Gasteiger partial charge on any atom is 0.337 e. The van der Waals surface area contributed by atoms with Gasteiger partial charge in [-0.05, 0) is 45.4 Å². The fraction of sp³-hybridized carbons (Fsp3) is 0.476. The average Bonchev–Trinajstić information content (AvgIpc) is 2.63. The summed E-state index contributed by atoms with van der Waals surface area (Å²) < 4.78 is 5.15. The van der Waals surface area contributed by atoms with Gasteiger partial charge >= 0.3 is 12.0 Å². The highest BCUT2D eigenvalue weighted by Gasteiger charge is 2.30. The van der Waals surface area contributed by atoms with E-state index in [9.17, 15) is 14.4 Å². The van der Waals surface area contributed by atoms with Gasteiger partial charge in [0, 0.05) is 17.9 Å². The van der Waals surface area contributed by atoms with Gasteiger partial charge in [-0.25, -0.2) is 9.59 Å². The van der Waals surface area contributed by atoms with Gasteiger partial charge in [-0.1, -0.05) is 25.1 Å². The van der Waals surface area contributed by atoms with Gasteiger partial charge in [-0.2, -0.15) is 0 Å². The molecule has 1 aromatic carbocycles. The zero-order valence-electron chi connectivity index (χ0n) is 17.5. The molecule has 8 heteroatoms. The van der Waals surface area contributed by atoms with Crippen molar-refractivity contribution in [2.75, 3.05) is 31.6 Å². The van der Waals surface area contributed by atoms with Crippen molar-refractivity contribution < 1.29 is 19.1 Å². The Hall–Kier alpha value is -2.87. The van der Waals surface area contributed by atoms with Gasteiger partial charge in [0.05, 0.1) is 24.8 Å². The van der Waals surface area contributed by atoms with E-state index in [0.29, 0.717) is 17.8 Å². The fourth-order valence-corrected chi connectivity index (χ4v) is 3.26. The lowest BCUT2D eigenvalue weighted by molar-refractivity contribution is -0.139. The second kappa shape index (κ2) is 10.6. The third-order valence-electron chi connectivity index (χ3n) is 4.57. The maximum absolute atomic E-state index is 12.6. The van der Waals surface area contributed by atoms with Gasteiger partial charge in [0.15, 0.2) is 0 Å². The minimum absolute atomic E-state index is 0.138. The molecule has 1 unspecified atom stereocenters. The molecule has 158 valence electrons. The van der Waals surface area contributed by atoms with Crippen molar-refractivity contribution in [2.24, 2.45) is 0 Å². The van der Waals surface area contributed by atoms with E-state index in [2.05, 4.69) is 16.0 Å². The van der Waals surface area contributed by atoms with Crippen LogP contribution in [0, 0.1) is 6.92 Å². The molecule has 0 bridgehead atoms. The molecule has 1 aromatic rings. The van der Waals surface area contributed by atoms with E-state index < -0.39 is 12.0 Å². The van der Waals surface area contributed by atoms with Crippen LogP contribution in [0.3, 0.4) is 0 Å². The van der Waals surface area contributed by atoms with Crippen molar-refractivity contribution in [1.82, 2.24) is 15.5 Å². The Morgan fingerprint density at radius 3 is 2.62 bits per heavy atom. The summed E-state index contributed by atoms with van der Waals surface area (Å²) in [4.78, 5) is 38.8. The molecule has 0 saturated carbocycles. The molecule has 2 rings (SSSR count). The lowest BCUT2D eigenvalue weighted by Crippen LogP contribution is -2.51. The number of urea groups is 1. The van der Waals surface area contributed by atoms with Crippen LogP contribution in [0.2, 0.25) is 0 Å². The van der Waals surface area contributed by atoms with Crippen LogP contribution in [-0.2, 0) is 14.3 Å². The average molecular weight is 402 g/mol. The zero-order chi connectivity index (χ0) is 21.4. The van der Waals surface area contributed by atoms with Crippen molar-refractivity contribution >= 4 is 23.6 Å². The number of rotatable bonds is 9. The summed E-state index contributed by atoms with van der Waals surface area (Å²) in [6.07, 6.45) is 0.821. The summed E-state index contributed by atoms with van der Waals surface area (Å²) in [5.41, 5.74) is 2.60. The lowest BCUT2D eigenvalue weighted by Gasteiger charge is -2.30. The summed E-state index contributed by atoms with van der Waals surface area (Å²) in [5, 5.41) is 8.31. The predicted molar refractivity (Wildman–Crippen MR) is 111 cm³/mol. The van der Waals surface area contributed by atoms with Crippen LogP contribution < -0.4 is 16.0 Å². The van der Waals surface area contributed by atoms with Crippen LogP contribution in [-0.4, -0.2) is 55.1 Å².